The van der Waals surface area contributed by atoms with E-state index in [0.29, 0.717) is 17.0 Å². The summed E-state index contributed by atoms with van der Waals surface area (Å²) in [7, 11) is 0. The Bertz CT molecular complexity index is 1490. The molecule has 264 valence electrons. The molecule has 2 aromatic heterocycles. The lowest BCUT2D eigenvalue weighted by Crippen LogP contribution is -2.39. The molecule has 0 unspecified atom stereocenters. The van der Waals surface area contributed by atoms with Crippen LogP contribution in [-0.4, -0.2) is 39.8 Å². The zero-order chi connectivity index (χ0) is 37.2. The minimum atomic E-state index is -0.901. The number of halogens is 1. The van der Waals surface area contributed by atoms with Crippen LogP contribution < -0.4 is 4.90 Å². The number of aryl methyl sites for hydroxylation is 1. The number of aromatic nitrogens is 3. The molecular formula is C38H56FN5O3S. The van der Waals surface area contributed by atoms with Gasteiger partial charge in [-0.05, 0) is 67.5 Å². The van der Waals surface area contributed by atoms with Crippen molar-refractivity contribution in [3.63, 3.8) is 0 Å². The van der Waals surface area contributed by atoms with Gasteiger partial charge in [0, 0.05) is 17.4 Å². The fourth-order valence-corrected chi connectivity index (χ4v) is 5.76. The van der Waals surface area contributed by atoms with Crippen molar-refractivity contribution in [1.82, 2.24) is 15.0 Å². The highest BCUT2D eigenvalue weighted by Gasteiger charge is 2.34. The second-order valence-electron chi connectivity index (χ2n) is 12.1. The van der Waals surface area contributed by atoms with Gasteiger partial charge in [-0.2, -0.15) is 15.5 Å². The molecule has 1 amide bonds. The Hall–Kier alpha value is -3.94. The largest absolute Gasteiger partial charge is 0.371 e. The molecule has 0 radical (unpaired) electrons. The Balaban J connectivity index is 0.00000252. The normalized spacial score (nSPS) is 11.1. The van der Waals surface area contributed by atoms with Gasteiger partial charge < -0.3 is 9.64 Å². The van der Waals surface area contributed by atoms with E-state index in [-0.39, 0.29) is 37.7 Å². The van der Waals surface area contributed by atoms with Crippen LogP contribution in [0.15, 0.2) is 50.3 Å². The first-order valence-corrected chi connectivity index (χ1v) is 17.2. The minimum absolute atomic E-state index is 0.0426. The molecule has 8 nitrogen and oxygen atoms in total. The van der Waals surface area contributed by atoms with Crippen molar-refractivity contribution in [3.8, 4) is 11.1 Å². The van der Waals surface area contributed by atoms with Crippen molar-refractivity contribution >= 4 is 33.6 Å². The molecule has 48 heavy (non-hydrogen) atoms. The number of ether oxygens (including phenoxy) is 1. The quantitative estimate of drug-likeness (QED) is 0.131. The lowest BCUT2D eigenvalue weighted by molar-refractivity contribution is -0.130. The molecule has 3 aromatic rings. The molecule has 10 heteroatoms. The van der Waals surface area contributed by atoms with E-state index in [2.05, 4.69) is 56.8 Å². The third-order valence-electron chi connectivity index (χ3n) is 6.94. The molecular weight excluding hydrogens is 626 g/mol. The average Bonchev–Trinajstić information content (AvgIpc) is 3.68. The van der Waals surface area contributed by atoms with Gasteiger partial charge in [-0.3, -0.25) is 9.59 Å². The monoisotopic (exact) mass is 681 g/mol. The number of ketones is 1. The molecule has 3 rings (SSSR count). The fourth-order valence-electron chi connectivity index (χ4n) is 4.43. The predicted molar refractivity (Wildman–Crippen MR) is 198 cm³/mol. The van der Waals surface area contributed by atoms with Crippen LogP contribution in [0.1, 0.15) is 110 Å². The highest BCUT2D eigenvalue weighted by atomic mass is 32.1. The van der Waals surface area contributed by atoms with Crippen LogP contribution in [0, 0.1) is 35.4 Å². The van der Waals surface area contributed by atoms with Crippen LogP contribution in [0.5, 0.6) is 0 Å². The maximum atomic E-state index is 14.5. The summed E-state index contributed by atoms with van der Waals surface area (Å²) >= 11 is 1.34. The summed E-state index contributed by atoms with van der Waals surface area (Å²) < 4.78 is 20.7. The first kappa shape index (κ1) is 44.1. The Labute approximate surface area is 292 Å². The molecule has 1 aromatic carbocycles. The summed E-state index contributed by atoms with van der Waals surface area (Å²) in [5, 5.41) is 19.0. The van der Waals surface area contributed by atoms with E-state index in [1.165, 1.54) is 35.2 Å². The molecule has 0 aliphatic rings. The highest BCUT2D eigenvalue weighted by Crippen LogP contribution is 2.43. The number of carbonyl (C=O) groups excluding carboxylic acids is 2. The van der Waals surface area contributed by atoms with Crippen molar-refractivity contribution in [2.75, 3.05) is 18.1 Å². The van der Waals surface area contributed by atoms with Gasteiger partial charge >= 0.3 is 0 Å². The Kier molecular flexibility index (Phi) is 20.0. The van der Waals surface area contributed by atoms with Gasteiger partial charge in [0.15, 0.2) is 0 Å². The SMILES string of the molecule is C=C.C=C(C)c1c(N(C[C@H](OCCC#N)c2cc(F)ccc2CC)C(=O)CC(C)(C)C(C)=O)sc(-n2nccn2)c1C.CC.CC(C)C. The summed E-state index contributed by atoms with van der Waals surface area (Å²) in [6.45, 7) is 31.5. The van der Waals surface area contributed by atoms with Crippen LogP contribution >= 0.6 is 11.3 Å². The van der Waals surface area contributed by atoms with Gasteiger partial charge in [0.25, 0.3) is 0 Å². The molecule has 0 bridgehead atoms. The number of amides is 1. The summed E-state index contributed by atoms with van der Waals surface area (Å²) in [5.41, 5.74) is 2.97. The van der Waals surface area contributed by atoms with Crippen LogP contribution in [0.25, 0.3) is 10.6 Å². The number of hydrogen-bond donors (Lipinski definition) is 0. The number of hydrogen-bond acceptors (Lipinski definition) is 7. The standard InChI is InChI=1S/C30H36FN5O3S.C4H10.C2H6.C2H4/c1-8-22-10-11-23(31)16-24(22)25(39-15-9-12-32)18-35(26(38)17-30(6,7)21(5)37)29-27(19(2)3)20(4)28(40-29)36-33-13-14-34-36;1-4(2)3;2*1-2/h10-11,13-14,16,25H,2,8-9,15,17-18H2,1,3-7H3;4H,1-3H3;1-2H3;1-2H2/t25-;;;/m0.../s1. The van der Waals surface area contributed by atoms with Crippen molar-refractivity contribution in [2.45, 2.75) is 102 Å². The van der Waals surface area contributed by atoms with Gasteiger partial charge in [-0.25, -0.2) is 4.39 Å². The third-order valence-corrected chi connectivity index (χ3v) is 8.22. The number of Topliss-reactive ketones (excluding diaryl/α,β-unsaturated/α-hetero) is 1. The van der Waals surface area contributed by atoms with E-state index >= 15 is 0 Å². The molecule has 0 saturated heterocycles. The molecule has 0 spiro atoms. The topological polar surface area (TPSA) is 101 Å². The Morgan fingerprint density at radius 1 is 1.15 bits per heavy atom. The molecule has 0 saturated carbocycles. The van der Waals surface area contributed by atoms with Crippen molar-refractivity contribution in [1.29, 1.82) is 5.26 Å². The van der Waals surface area contributed by atoms with E-state index < -0.39 is 17.3 Å². The van der Waals surface area contributed by atoms with Crippen molar-refractivity contribution in [2.24, 2.45) is 11.3 Å². The molecule has 1 atom stereocenters. The number of thiophene rings is 1. The second kappa shape index (κ2) is 21.8. The van der Waals surface area contributed by atoms with Crippen LogP contribution in [-0.2, 0) is 20.7 Å². The number of allylic oxidation sites excluding steroid dienone is 1. The van der Waals surface area contributed by atoms with Gasteiger partial charge in [0.05, 0.1) is 38.0 Å². The Morgan fingerprint density at radius 3 is 2.19 bits per heavy atom. The molecule has 2 heterocycles. The van der Waals surface area contributed by atoms with Crippen LogP contribution in [0.2, 0.25) is 0 Å². The van der Waals surface area contributed by atoms with Crippen LogP contribution in [0.4, 0.5) is 9.39 Å². The van der Waals surface area contributed by atoms with E-state index in [1.807, 2.05) is 34.6 Å². The third kappa shape index (κ3) is 12.9. The van der Waals surface area contributed by atoms with Gasteiger partial charge in [-0.15, -0.1) is 18.0 Å². The highest BCUT2D eigenvalue weighted by molar-refractivity contribution is 7.19. The lowest BCUT2D eigenvalue weighted by atomic mass is 9.84. The van der Waals surface area contributed by atoms with Gasteiger partial charge in [0.2, 0.25) is 5.91 Å². The summed E-state index contributed by atoms with van der Waals surface area (Å²) in [6, 6.07) is 6.62. The van der Waals surface area contributed by atoms with Crippen molar-refractivity contribution in [3.05, 3.63) is 78.4 Å². The fraction of sp³-hybridized carbons (Fsp3) is 0.500. The summed E-state index contributed by atoms with van der Waals surface area (Å²) in [5.74, 6) is 0.0236. The minimum Gasteiger partial charge on any atom is -0.371 e. The number of benzene rings is 1. The van der Waals surface area contributed by atoms with E-state index in [4.69, 9.17) is 10.00 Å². The first-order valence-electron chi connectivity index (χ1n) is 16.4. The average molecular weight is 682 g/mol. The number of carbonyl (C=O) groups is 2. The smallest absolute Gasteiger partial charge is 0.228 e. The Morgan fingerprint density at radius 2 is 1.71 bits per heavy atom. The number of nitriles is 1. The molecule has 0 N–H and O–H groups in total. The maximum absolute atomic E-state index is 14.5. The zero-order valence-electron chi connectivity index (χ0n) is 30.9. The molecule has 0 fully saturated rings. The number of anilines is 1. The molecule has 0 aliphatic heterocycles. The van der Waals surface area contributed by atoms with E-state index in [9.17, 15) is 14.0 Å². The molecule has 0 aliphatic carbocycles. The lowest BCUT2D eigenvalue weighted by Gasteiger charge is -2.31. The van der Waals surface area contributed by atoms with Crippen molar-refractivity contribution < 1.29 is 18.7 Å². The van der Waals surface area contributed by atoms with Gasteiger partial charge in [-0.1, -0.05) is 79.4 Å². The number of nitrogens with zero attached hydrogens (tertiary/aromatic N) is 5. The predicted octanol–water partition coefficient (Wildman–Crippen LogP) is 9.87. The van der Waals surface area contributed by atoms with E-state index in [1.54, 1.807) is 37.2 Å². The maximum Gasteiger partial charge on any atom is 0.228 e. The first-order chi connectivity index (χ1) is 22.6. The van der Waals surface area contributed by atoms with Crippen LogP contribution in [0.3, 0.4) is 0 Å². The summed E-state index contributed by atoms with van der Waals surface area (Å²) in [4.78, 5) is 29.6. The van der Waals surface area contributed by atoms with Gasteiger partial charge in [0.1, 0.15) is 27.7 Å². The summed E-state index contributed by atoms with van der Waals surface area (Å²) in [6.07, 6.45) is 3.15. The second-order valence-corrected chi connectivity index (χ2v) is 13.1. The zero-order valence-corrected chi connectivity index (χ0v) is 31.8. The number of rotatable bonds is 13. The van der Waals surface area contributed by atoms with E-state index in [0.717, 1.165) is 33.2 Å².